The van der Waals surface area contributed by atoms with Crippen LogP contribution in [0, 0.1) is 12.8 Å². The number of hydrogen-bond donors (Lipinski definition) is 0. The van der Waals surface area contributed by atoms with E-state index in [0.717, 1.165) is 27.6 Å². The van der Waals surface area contributed by atoms with Gasteiger partial charge in [-0.3, -0.25) is 9.59 Å². The van der Waals surface area contributed by atoms with Crippen molar-refractivity contribution in [2.24, 2.45) is 5.92 Å². The van der Waals surface area contributed by atoms with Crippen LogP contribution in [0.3, 0.4) is 0 Å². The molecular formula is C22H27BrN6O2. The molecule has 1 aromatic heterocycles. The van der Waals surface area contributed by atoms with Gasteiger partial charge in [-0.25, -0.2) is 9.97 Å². The van der Waals surface area contributed by atoms with Crippen molar-refractivity contribution in [1.82, 2.24) is 14.9 Å². The predicted molar refractivity (Wildman–Crippen MR) is 124 cm³/mol. The van der Waals surface area contributed by atoms with Crippen molar-refractivity contribution in [3.05, 3.63) is 40.6 Å². The van der Waals surface area contributed by atoms with Crippen molar-refractivity contribution in [1.29, 1.82) is 0 Å². The van der Waals surface area contributed by atoms with Crippen molar-refractivity contribution in [2.45, 2.75) is 13.3 Å². The smallest absolute Gasteiger partial charge is 0.228 e. The molecule has 0 spiro atoms. The second kappa shape index (κ2) is 8.82. The van der Waals surface area contributed by atoms with Gasteiger partial charge >= 0.3 is 0 Å². The van der Waals surface area contributed by atoms with Crippen molar-refractivity contribution in [3.63, 3.8) is 0 Å². The third-order valence-corrected chi connectivity index (χ3v) is 6.27. The number of piperazine rings is 1. The Kier molecular flexibility index (Phi) is 6.13. The number of rotatable bonds is 4. The summed E-state index contributed by atoms with van der Waals surface area (Å²) in [6.07, 6.45) is 0.267. The highest BCUT2D eigenvalue weighted by Gasteiger charge is 2.38. The Morgan fingerprint density at radius 3 is 2.55 bits per heavy atom. The molecule has 1 atom stereocenters. The first-order valence-corrected chi connectivity index (χ1v) is 11.2. The van der Waals surface area contributed by atoms with Crippen LogP contribution >= 0.6 is 15.9 Å². The van der Waals surface area contributed by atoms with Gasteiger partial charge in [0.25, 0.3) is 0 Å². The van der Waals surface area contributed by atoms with E-state index in [1.54, 1.807) is 4.90 Å². The fourth-order valence-corrected chi connectivity index (χ4v) is 4.50. The molecule has 2 saturated heterocycles. The lowest BCUT2D eigenvalue weighted by Crippen LogP contribution is -2.51. The maximum atomic E-state index is 13.1. The number of carbonyl (C=O) groups excluding carboxylic acids is 2. The van der Waals surface area contributed by atoms with Gasteiger partial charge in [0.05, 0.1) is 5.92 Å². The van der Waals surface area contributed by atoms with Gasteiger partial charge in [0.2, 0.25) is 11.8 Å². The van der Waals surface area contributed by atoms with E-state index in [9.17, 15) is 9.59 Å². The molecule has 31 heavy (non-hydrogen) atoms. The molecule has 0 bridgehead atoms. The van der Waals surface area contributed by atoms with E-state index in [0.29, 0.717) is 32.7 Å². The highest BCUT2D eigenvalue weighted by molar-refractivity contribution is 9.10. The second-order valence-electron chi connectivity index (χ2n) is 8.22. The molecule has 4 rings (SSSR count). The van der Waals surface area contributed by atoms with Crippen LogP contribution in [-0.4, -0.2) is 73.5 Å². The molecule has 1 aromatic carbocycles. The van der Waals surface area contributed by atoms with Gasteiger partial charge in [0, 0.05) is 69.5 Å². The molecule has 8 nitrogen and oxygen atoms in total. The minimum atomic E-state index is -0.292. The summed E-state index contributed by atoms with van der Waals surface area (Å²) < 4.78 is 0.918. The Bertz CT molecular complexity index is 990. The Morgan fingerprint density at radius 1 is 1.13 bits per heavy atom. The van der Waals surface area contributed by atoms with Gasteiger partial charge < -0.3 is 19.6 Å². The van der Waals surface area contributed by atoms with Crippen LogP contribution in [0.2, 0.25) is 0 Å². The van der Waals surface area contributed by atoms with Crippen LogP contribution in [0.25, 0.3) is 0 Å². The second-order valence-corrected chi connectivity index (χ2v) is 9.14. The lowest BCUT2D eigenvalue weighted by atomic mass is 10.1. The van der Waals surface area contributed by atoms with E-state index in [1.165, 1.54) is 0 Å². The van der Waals surface area contributed by atoms with Crippen LogP contribution in [0.5, 0.6) is 0 Å². The number of hydrogen-bond acceptors (Lipinski definition) is 6. The fourth-order valence-electron chi connectivity index (χ4n) is 4.11. The third kappa shape index (κ3) is 4.66. The molecule has 9 heteroatoms. The van der Waals surface area contributed by atoms with E-state index in [1.807, 2.05) is 61.2 Å². The standard InChI is InChI=1S/C22H27BrN6O2/c1-15-24-19(26(2)3)13-20(25-15)27-7-9-28(10-8-27)22(31)16-11-21(30)29(14-16)18-6-4-5-17(23)12-18/h4-6,12-13,16H,7-11,14H2,1-3H3. The van der Waals surface area contributed by atoms with Gasteiger partial charge in [0.15, 0.2) is 0 Å². The van der Waals surface area contributed by atoms with Crippen LogP contribution in [0.1, 0.15) is 12.2 Å². The zero-order valence-corrected chi connectivity index (χ0v) is 19.7. The molecule has 3 heterocycles. The summed E-state index contributed by atoms with van der Waals surface area (Å²) in [7, 11) is 3.92. The van der Waals surface area contributed by atoms with Gasteiger partial charge in [-0.1, -0.05) is 22.0 Å². The Labute approximate surface area is 191 Å². The molecule has 164 valence electrons. The lowest BCUT2D eigenvalue weighted by molar-refractivity contribution is -0.136. The Hall–Kier alpha value is -2.68. The zero-order chi connectivity index (χ0) is 22.1. The van der Waals surface area contributed by atoms with E-state index in [-0.39, 0.29) is 24.2 Å². The largest absolute Gasteiger partial charge is 0.363 e. The summed E-state index contributed by atoms with van der Waals surface area (Å²) in [4.78, 5) is 42.5. The zero-order valence-electron chi connectivity index (χ0n) is 18.1. The summed E-state index contributed by atoms with van der Waals surface area (Å²) >= 11 is 3.45. The lowest BCUT2D eigenvalue weighted by Gasteiger charge is -2.36. The molecule has 2 fully saturated rings. The summed E-state index contributed by atoms with van der Waals surface area (Å²) in [5.41, 5.74) is 0.829. The number of amides is 2. The highest BCUT2D eigenvalue weighted by atomic mass is 79.9. The molecular weight excluding hydrogens is 460 g/mol. The number of carbonyl (C=O) groups is 2. The first-order valence-electron chi connectivity index (χ1n) is 10.4. The molecule has 0 aliphatic carbocycles. The molecule has 2 amide bonds. The minimum absolute atomic E-state index is 0.00256. The average molecular weight is 487 g/mol. The summed E-state index contributed by atoms with van der Waals surface area (Å²) in [6, 6.07) is 9.62. The molecule has 0 radical (unpaired) electrons. The molecule has 2 aliphatic heterocycles. The highest BCUT2D eigenvalue weighted by Crippen LogP contribution is 2.29. The third-order valence-electron chi connectivity index (χ3n) is 5.78. The number of anilines is 3. The SMILES string of the molecule is Cc1nc(N(C)C)cc(N2CCN(C(=O)C3CC(=O)N(c4cccc(Br)c4)C3)CC2)n1. The molecule has 0 N–H and O–H groups in total. The number of nitrogens with zero attached hydrogens (tertiary/aromatic N) is 6. The Morgan fingerprint density at radius 2 is 1.87 bits per heavy atom. The predicted octanol–water partition coefficient (Wildman–Crippen LogP) is 2.32. The van der Waals surface area contributed by atoms with Crippen LogP contribution < -0.4 is 14.7 Å². The van der Waals surface area contributed by atoms with Gasteiger partial charge in [0.1, 0.15) is 17.5 Å². The van der Waals surface area contributed by atoms with Gasteiger partial charge in [-0.15, -0.1) is 0 Å². The summed E-state index contributed by atoms with van der Waals surface area (Å²) in [6.45, 7) is 5.01. The monoisotopic (exact) mass is 486 g/mol. The van der Waals surface area contributed by atoms with E-state index < -0.39 is 0 Å². The van der Waals surface area contributed by atoms with Crippen molar-refractivity contribution < 1.29 is 9.59 Å². The van der Waals surface area contributed by atoms with Crippen LogP contribution in [-0.2, 0) is 9.59 Å². The molecule has 2 aliphatic rings. The first-order chi connectivity index (χ1) is 14.8. The minimum Gasteiger partial charge on any atom is -0.363 e. The number of aromatic nitrogens is 2. The van der Waals surface area contributed by atoms with Crippen molar-refractivity contribution in [3.8, 4) is 0 Å². The maximum absolute atomic E-state index is 13.1. The van der Waals surface area contributed by atoms with E-state index in [2.05, 4.69) is 30.8 Å². The van der Waals surface area contributed by atoms with E-state index in [4.69, 9.17) is 0 Å². The quantitative estimate of drug-likeness (QED) is 0.660. The number of aryl methyl sites for hydroxylation is 1. The van der Waals surface area contributed by atoms with Gasteiger partial charge in [-0.05, 0) is 25.1 Å². The maximum Gasteiger partial charge on any atom is 0.228 e. The molecule has 0 saturated carbocycles. The fraction of sp³-hybridized carbons (Fsp3) is 0.455. The molecule has 1 unspecified atom stereocenters. The number of halogens is 1. The average Bonchev–Trinajstić information content (AvgIpc) is 3.14. The van der Waals surface area contributed by atoms with Crippen LogP contribution in [0.15, 0.2) is 34.8 Å². The number of benzene rings is 1. The molecule has 2 aromatic rings. The van der Waals surface area contributed by atoms with Crippen LogP contribution in [0.4, 0.5) is 17.3 Å². The van der Waals surface area contributed by atoms with Crippen molar-refractivity contribution >= 4 is 45.1 Å². The topological polar surface area (TPSA) is 72.9 Å². The van der Waals surface area contributed by atoms with E-state index >= 15 is 0 Å². The Balaban J connectivity index is 1.38. The summed E-state index contributed by atoms with van der Waals surface area (Å²) in [5.74, 6) is 2.27. The van der Waals surface area contributed by atoms with Crippen molar-refractivity contribution in [2.75, 3.05) is 61.5 Å². The van der Waals surface area contributed by atoms with Gasteiger partial charge in [-0.2, -0.15) is 0 Å². The first kappa shape index (κ1) is 21.5. The summed E-state index contributed by atoms with van der Waals surface area (Å²) in [5, 5.41) is 0. The normalized spacial score (nSPS) is 19.2.